The number of carbonyl (C=O) groups excluding carboxylic acids is 3. The van der Waals surface area contributed by atoms with Crippen molar-refractivity contribution in [3.8, 4) is 0 Å². The van der Waals surface area contributed by atoms with Crippen molar-refractivity contribution in [1.29, 1.82) is 0 Å². The van der Waals surface area contributed by atoms with Crippen molar-refractivity contribution in [2.24, 2.45) is 0 Å². The molecule has 0 heterocycles. The molecule has 6 nitrogen and oxygen atoms in total. The number of hydrogen-bond donors (Lipinski definition) is 0. The maximum Gasteiger partial charge on any atom is 0.306 e. The normalized spacial score (nSPS) is 12.6. The standard InChI is InChI=1S/C69H120O6/c1-4-7-10-13-16-18-20-22-24-26-27-28-29-30-31-32-33-34-35-36-37-38-39-40-41-43-44-46-48-50-53-56-59-62-68(71)74-65-66(64-73-67(70)61-58-55-52-15-12-9-6-3)75-69(72)63-60-57-54-51-49-47-45-42-25-23-21-19-17-14-11-8-5-2/h7,10,16-19,22-25,27-28,30-31,66H,4-6,8-9,11-15,20-21,26,29,32-65H2,1-3H3/b10-7-,18-16-,19-17-,24-22-,25-23-,28-27-,31-30-. The van der Waals surface area contributed by atoms with E-state index in [1.807, 2.05) is 0 Å². The highest BCUT2D eigenvalue weighted by Gasteiger charge is 2.19. The average Bonchev–Trinajstić information content (AvgIpc) is 3.41. The first-order chi connectivity index (χ1) is 37.0. The van der Waals surface area contributed by atoms with Gasteiger partial charge in [-0.1, -0.05) is 286 Å². The molecule has 0 aliphatic carbocycles. The van der Waals surface area contributed by atoms with Gasteiger partial charge in [0.1, 0.15) is 13.2 Å². The van der Waals surface area contributed by atoms with Crippen LogP contribution in [-0.2, 0) is 28.6 Å². The van der Waals surface area contributed by atoms with Crippen LogP contribution in [0.5, 0.6) is 0 Å². The average molecular weight is 1050 g/mol. The van der Waals surface area contributed by atoms with E-state index in [1.165, 1.54) is 173 Å². The molecule has 0 aromatic carbocycles. The molecule has 0 aromatic rings. The molecule has 0 bridgehead atoms. The topological polar surface area (TPSA) is 78.9 Å². The summed E-state index contributed by atoms with van der Waals surface area (Å²) in [6.45, 7) is 6.48. The van der Waals surface area contributed by atoms with Gasteiger partial charge in [-0.05, 0) is 96.3 Å². The minimum atomic E-state index is -0.776. The van der Waals surface area contributed by atoms with E-state index in [4.69, 9.17) is 14.2 Å². The highest BCUT2D eigenvalue weighted by Crippen LogP contribution is 2.17. The molecular weight excluding hydrogens is 925 g/mol. The summed E-state index contributed by atoms with van der Waals surface area (Å²) in [5, 5.41) is 0. The Morgan fingerprint density at radius 1 is 0.280 bits per heavy atom. The lowest BCUT2D eigenvalue weighted by molar-refractivity contribution is -0.167. The molecule has 0 amide bonds. The SMILES string of the molecule is CC/C=C\C/C=C\C/C=C\C/C=C\C/C=C\CCCCCCCCCCCCCCCCCCCC(=O)OCC(COC(=O)CCCCCCCCC)OC(=O)CCCCCCCCC/C=C\C/C=C\CCCCC. The molecule has 0 radical (unpaired) electrons. The van der Waals surface area contributed by atoms with Crippen LogP contribution < -0.4 is 0 Å². The molecule has 1 unspecified atom stereocenters. The van der Waals surface area contributed by atoms with Crippen molar-refractivity contribution < 1.29 is 28.6 Å². The molecule has 0 fully saturated rings. The Hall–Kier alpha value is -3.41. The summed E-state index contributed by atoms with van der Waals surface area (Å²) in [5.41, 5.74) is 0. The summed E-state index contributed by atoms with van der Waals surface area (Å²) in [5.74, 6) is -0.878. The Balaban J connectivity index is 4.03. The summed E-state index contributed by atoms with van der Waals surface area (Å²) in [6.07, 6.45) is 83.4. The van der Waals surface area contributed by atoms with Gasteiger partial charge < -0.3 is 14.2 Å². The molecule has 0 saturated heterocycles. The summed E-state index contributed by atoms with van der Waals surface area (Å²) in [7, 11) is 0. The number of rotatable bonds is 58. The maximum atomic E-state index is 12.8. The third-order valence-electron chi connectivity index (χ3n) is 13.9. The molecule has 0 rings (SSSR count). The second-order valence-corrected chi connectivity index (χ2v) is 21.3. The van der Waals surface area contributed by atoms with Crippen LogP contribution >= 0.6 is 0 Å². The maximum absolute atomic E-state index is 12.8. The molecule has 6 heteroatoms. The van der Waals surface area contributed by atoms with Crippen LogP contribution in [0.25, 0.3) is 0 Å². The first kappa shape index (κ1) is 71.6. The number of unbranched alkanes of at least 4 members (excludes halogenated alkanes) is 33. The molecular formula is C69H120O6. The van der Waals surface area contributed by atoms with Crippen molar-refractivity contribution in [2.75, 3.05) is 13.2 Å². The summed E-state index contributed by atoms with van der Waals surface area (Å²) in [4.78, 5) is 38.0. The number of esters is 3. The van der Waals surface area contributed by atoms with Crippen LogP contribution in [0.15, 0.2) is 85.1 Å². The highest BCUT2D eigenvalue weighted by atomic mass is 16.6. The zero-order valence-corrected chi connectivity index (χ0v) is 49.6. The molecule has 0 spiro atoms. The molecule has 1 atom stereocenters. The molecule has 75 heavy (non-hydrogen) atoms. The van der Waals surface area contributed by atoms with Crippen molar-refractivity contribution in [1.82, 2.24) is 0 Å². The molecule has 0 aliphatic heterocycles. The van der Waals surface area contributed by atoms with Crippen LogP contribution in [0.1, 0.15) is 316 Å². The fourth-order valence-electron chi connectivity index (χ4n) is 9.09. The van der Waals surface area contributed by atoms with Gasteiger partial charge in [0.25, 0.3) is 0 Å². The van der Waals surface area contributed by atoms with Gasteiger partial charge in [0.2, 0.25) is 0 Å². The minimum Gasteiger partial charge on any atom is -0.462 e. The fraction of sp³-hybridized carbons (Fsp3) is 0.754. The van der Waals surface area contributed by atoms with Crippen LogP contribution in [-0.4, -0.2) is 37.2 Å². The Morgan fingerprint density at radius 2 is 0.520 bits per heavy atom. The zero-order chi connectivity index (χ0) is 54.3. The smallest absolute Gasteiger partial charge is 0.306 e. The quantitative estimate of drug-likeness (QED) is 0.0261. The van der Waals surface area contributed by atoms with E-state index in [1.54, 1.807) is 0 Å². The Kier molecular flexibility index (Phi) is 60.3. The predicted molar refractivity (Wildman–Crippen MR) is 325 cm³/mol. The monoisotopic (exact) mass is 1040 g/mol. The minimum absolute atomic E-state index is 0.0757. The van der Waals surface area contributed by atoms with Gasteiger partial charge in [-0.2, -0.15) is 0 Å². The largest absolute Gasteiger partial charge is 0.462 e. The number of hydrogen-bond acceptors (Lipinski definition) is 6. The number of allylic oxidation sites excluding steroid dienone is 14. The van der Waals surface area contributed by atoms with Crippen molar-refractivity contribution >= 4 is 17.9 Å². The Bertz CT molecular complexity index is 1430. The van der Waals surface area contributed by atoms with E-state index in [-0.39, 0.29) is 31.1 Å². The van der Waals surface area contributed by atoms with Crippen molar-refractivity contribution in [3.63, 3.8) is 0 Å². The van der Waals surface area contributed by atoms with Gasteiger partial charge in [0.05, 0.1) is 0 Å². The van der Waals surface area contributed by atoms with Crippen LogP contribution in [0.2, 0.25) is 0 Å². The number of carbonyl (C=O) groups is 3. The molecule has 0 saturated carbocycles. The van der Waals surface area contributed by atoms with Crippen LogP contribution in [0.4, 0.5) is 0 Å². The van der Waals surface area contributed by atoms with Gasteiger partial charge in [-0.25, -0.2) is 0 Å². The Morgan fingerprint density at radius 3 is 0.840 bits per heavy atom. The van der Waals surface area contributed by atoms with Gasteiger partial charge >= 0.3 is 17.9 Å². The second kappa shape index (κ2) is 63.1. The zero-order valence-electron chi connectivity index (χ0n) is 49.6. The molecule has 0 aliphatic rings. The Labute approximate surface area is 465 Å². The lowest BCUT2D eigenvalue weighted by Crippen LogP contribution is -2.30. The molecule has 432 valence electrons. The van der Waals surface area contributed by atoms with E-state index < -0.39 is 6.10 Å². The van der Waals surface area contributed by atoms with E-state index in [9.17, 15) is 14.4 Å². The van der Waals surface area contributed by atoms with Gasteiger partial charge in [0.15, 0.2) is 6.10 Å². The fourth-order valence-corrected chi connectivity index (χ4v) is 9.09. The van der Waals surface area contributed by atoms with Crippen molar-refractivity contribution in [2.45, 2.75) is 322 Å². The van der Waals surface area contributed by atoms with E-state index in [0.717, 1.165) is 103 Å². The number of ether oxygens (including phenoxy) is 3. The van der Waals surface area contributed by atoms with E-state index in [0.29, 0.717) is 19.3 Å². The highest BCUT2D eigenvalue weighted by molar-refractivity contribution is 5.71. The van der Waals surface area contributed by atoms with Crippen LogP contribution in [0, 0.1) is 0 Å². The van der Waals surface area contributed by atoms with E-state index in [2.05, 4.69) is 106 Å². The third-order valence-corrected chi connectivity index (χ3v) is 13.9. The van der Waals surface area contributed by atoms with Gasteiger partial charge in [-0.3, -0.25) is 14.4 Å². The van der Waals surface area contributed by atoms with Crippen molar-refractivity contribution in [3.05, 3.63) is 85.1 Å². The first-order valence-corrected chi connectivity index (χ1v) is 32.1. The predicted octanol–water partition coefficient (Wildman–Crippen LogP) is 21.9. The third kappa shape index (κ3) is 61.3. The lowest BCUT2D eigenvalue weighted by atomic mass is 10.0. The van der Waals surface area contributed by atoms with E-state index >= 15 is 0 Å². The lowest BCUT2D eigenvalue weighted by Gasteiger charge is -2.18. The summed E-state index contributed by atoms with van der Waals surface area (Å²) < 4.78 is 16.8. The van der Waals surface area contributed by atoms with Gasteiger partial charge in [0, 0.05) is 19.3 Å². The molecule has 0 aromatic heterocycles. The molecule has 0 N–H and O–H groups in total. The summed E-state index contributed by atoms with van der Waals surface area (Å²) in [6, 6.07) is 0. The first-order valence-electron chi connectivity index (χ1n) is 32.1. The second-order valence-electron chi connectivity index (χ2n) is 21.3. The van der Waals surface area contributed by atoms with Gasteiger partial charge in [-0.15, -0.1) is 0 Å². The van der Waals surface area contributed by atoms with Crippen LogP contribution in [0.3, 0.4) is 0 Å². The summed E-state index contributed by atoms with van der Waals surface area (Å²) >= 11 is 0.